The number of nitrogens with zero attached hydrogens (tertiary/aromatic N) is 3. The summed E-state index contributed by atoms with van der Waals surface area (Å²) in [5.41, 5.74) is 2.93. The standard InChI is InChI=1S/C25H29N5O5S/c1-16-8-6-7-9-21(16)36(32,33)29-23-22-17(2)12-18(13-20(22)35-28-23)15-30-11-10-19(27-30)14-26-24(31)34-25(3,4)5/h6-13H,14-15H2,1-5H3,(H,26,31)(H,28,29). The van der Waals surface area contributed by atoms with Crippen LogP contribution in [-0.4, -0.2) is 35.0 Å². The summed E-state index contributed by atoms with van der Waals surface area (Å²) in [5.74, 6) is 0.145. The van der Waals surface area contributed by atoms with E-state index in [4.69, 9.17) is 9.26 Å². The van der Waals surface area contributed by atoms with Crippen LogP contribution >= 0.6 is 0 Å². The molecule has 2 aromatic heterocycles. The Balaban J connectivity index is 1.48. The van der Waals surface area contributed by atoms with E-state index in [1.165, 1.54) is 0 Å². The van der Waals surface area contributed by atoms with E-state index < -0.39 is 21.7 Å². The van der Waals surface area contributed by atoms with E-state index in [9.17, 15) is 13.2 Å². The largest absolute Gasteiger partial charge is 0.444 e. The van der Waals surface area contributed by atoms with Crippen molar-refractivity contribution in [3.8, 4) is 0 Å². The minimum atomic E-state index is -3.83. The van der Waals surface area contributed by atoms with Crippen molar-refractivity contribution in [2.45, 2.75) is 58.2 Å². The summed E-state index contributed by atoms with van der Waals surface area (Å²) >= 11 is 0. The molecule has 2 N–H and O–H groups in total. The first kappa shape index (κ1) is 25.2. The molecule has 10 nitrogen and oxygen atoms in total. The summed E-state index contributed by atoms with van der Waals surface area (Å²) in [5, 5.41) is 11.7. The first-order valence-electron chi connectivity index (χ1n) is 11.4. The highest BCUT2D eigenvalue weighted by Crippen LogP contribution is 2.30. The quantitative estimate of drug-likeness (QED) is 0.373. The van der Waals surface area contributed by atoms with Gasteiger partial charge in [-0.1, -0.05) is 29.4 Å². The zero-order valence-electron chi connectivity index (χ0n) is 20.8. The van der Waals surface area contributed by atoms with Gasteiger partial charge in [0.2, 0.25) is 0 Å². The Morgan fingerprint density at radius 3 is 2.58 bits per heavy atom. The summed E-state index contributed by atoms with van der Waals surface area (Å²) in [7, 11) is -3.83. The zero-order valence-corrected chi connectivity index (χ0v) is 21.6. The maximum absolute atomic E-state index is 12.9. The van der Waals surface area contributed by atoms with Crippen LogP contribution in [0.4, 0.5) is 10.6 Å². The molecule has 1 amide bonds. The summed E-state index contributed by atoms with van der Waals surface area (Å²) in [4.78, 5) is 12.0. The number of aryl methyl sites for hydroxylation is 2. The lowest BCUT2D eigenvalue weighted by atomic mass is 10.1. The van der Waals surface area contributed by atoms with Gasteiger partial charge in [0.25, 0.3) is 10.0 Å². The average molecular weight is 512 g/mol. The first-order valence-corrected chi connectivity index (χ1v) is 12.9. The number of nitrogens with one attached hydrogen (secondary N) is 2. The van der Waals surface area contributed by atoms with E-state index in [0.717, 1.165) is 11.1 Å². The third-order valence-electron chi connectivity index (χ3n) is 5.30. The van der Waals surface area contributed by atoms with Gasteiger partial charge in [-0.2, -0.15) is 5.10 Å². The van der Waals surface area contributed by atoms with E-state index in [2.05, 4.69) is 20.3 Å². The molecule has 4 aromatic rings. The number of ether oxygens (including phenoxy) is 1. The molecule has 0 fully saturated rings. The van der Waals surface area contributed by atoms with Gasteiger partial charge >= 0.3 is 6.09 Å². The molecule has 0 radical (unpaired) electrons. The lowest BCUT2D eigenvalue weighted by Gasteiger charge is -2.19. The Labute approximate surface area is 209 Å². The molecule has 190 valence electrons. The molecular formula is C25H29N5O5S. The Morgan fingerprint density at radius 2 is 1.86 bits per heavy atom. The SMILES string of the molecule is Cc1ccccc1S(=O)(=O)Nc1noc2cc(Cn3ccc(CNC(=O)OC(C)(C)C)n3)cc(C)c12. The van der Waals surface area contributed by atoms with Crippen LogP contribution in [0.5, 0.6) is 0 Å². The van der Waals surface area contributed by atoms with Crippen molar-refractivity contribution in [3.63, 3.8) is 0 Å². The van der Waals surface area contributed by atoms with E-state index in [0.29, 0.717) is 28.8 Å². The van der Waals surface area contributed by atoms with Gasteiger partial charge in [-0.05, 0) is 69.5 Å². The van der Waals surface area contributed by atoms with Crippen LogP contribution < -0.4 is 10.0 Å². The fourth-order valence-corrected chi connectivity index (χ4v) is 5.05. The predicted octanol–water partition coefficient (Wildman–Crippen LogP) is 4.51. The minimum Gasteiger partial charge on any atom is -0.444 e. The molecule has 2 aromatic carbocycles. The second-order valence-electron chi connectivity index (χ2n) is 9.55. The van der Waals surface area contributed by atoms with Crippen molar-refractivity contribution in [3.05, 3.63) is 71.0 Å². The topological polar surface area (TPSA) is 128 Å². The molecule has 0 saturated carbocycles. The number of rotatable bonds is 7. The number of sulfonamides is 1. The number of hydrogen-bond acceptors (Lipinski definition) is 7. The number of amides is 1. The van der Waals surface area contributed by atoms with Gasteiger partial charge in [-0.15, -0.1) is 0 Å². The van der Waals surface area contributed by atoms with Crippen LogP contribution in [0.3, 0.4) is 0 Å². The van der Waals surface area contributed by atoms with Gasteiger partial charge in [0.05, 0.1) is 29.1 Å². The Hall–Kier alpha value is -3.86. The van der Waals surface area contributed by atoms with Crippen LogP contribution in [0, 0.1) is 13.8 Å². The molecule has 0 aliphatic carbocycles. The lowest BCUT2D eigenvalue weighted by Crippen LogP contribution is -2.32. The van der Waals surface area contributed by atoms with E-state index >= 15 is 0 Å². The molecule has 2 heterocycles. The molecule has 0 aliphatic heterocycles. The number of fused-ring (bicyclic) bond motifs is 1. The lowest BCUT2D eigenvalue weighted by molar-refractivity contribution is 0.0522. The van der Waals surface area contributed by atoms with E-state index in [1.807, 2.05) is 25.3 Å². The molecule has 0 atom stereocenters. The monoisotopic (exact) mass is 511 g/mol. The van der Waals surface area contributed by atoms with Crippen molar-refractivity contribution in [2.24, 2.45) is 0 Å². The summed E-state index contributed by atoms with van der Waals surface area (Å²) in [6.07, 6.45) is 1.31. The Morgan fingerprint density at radius 1 is 1.11 bits per heavy atom. The highest BCUT2D eigenvalue weighted by Gasteiger charge is 2.21. The van der Waals surface area contributed by atoms with E-state index in [1.54, 1.807) is 62.7 Å². The van der Waals surface area contributed by atoms with Crippen molar-refractivity contribution in [1.29, 1.82) is 0 Å². The second kappa shape index (κ2) is 9.65. The van der Waals surface area contributed by atoms with Crippen LogP contribution in [0.25, 0.3) is 11.0 Å². The summed E-state index contributed by atoms with van der Waals surface area (Å²) in [6.45, 7) is 9.71. The van der Waals surface area contributed by atoms with Crippen molar-refractivity contribution in [2.75, 3.05) is 4.72 Å². The van der Waals surface area contributed by atoms with Gasteiger partial charge < -0.3 is 14.6 Å². The number of alkyl carbamates (subject to hydrolysis) is 1. The molecule has 0 saturated heterocycles. The third-order valence-corrected chi connectivity index (χ3v) is 6.80. The normalized spacial score (nSPS) is 12.0. The Kier molecular flexibility index (Phi) is 6.77. The molecular weight excluding hydrogens is 482 g/mol. The number of hydrogen-bond donors (Lipinski definition) is 2. The molecule has 0 unspecified atom stereocenters. The number of anilines is 1. The van der Waals surface area contributed by atoms with Crippen molar-refractivity contribution < 1.29 is 22.5 Å². The third kappa shape index (κ3) is 5.85. The van der Waals surface area contributed by atoms with Gasteiger partial charge in [-0.3, -0.25) is 9.40 Å². The maximum Gasteiger partial charge on any atom is 0.407 e. The van der Waals surface area contributed by atoms with Crippen LogP contribution in [0.1, 0.15) is 43.2 Å². The van der Waals surface area contributed by atoms with Gasteiger partial charge in [0.15, 0.2) is 11.4 Å². The number of carbonyl (C=O) groups excluding carboxylic acids is 1. The van der Waals surface area contributed by atoms with Gasteiger partial charge in [-0.25, -0.2) is 13.2 Å². The molecule has 0 spiro atoms. The first-order chi connectivity index (χ1) is 16.9. The minimum absolute atomic E-state index is 0.145. The second-order valence-corrected chi connectivity index (χ2v) is 11.2. The molecule has 0 bridgehead atoms. The fourth-order valence-electron chi connectivity index (χ4n) is 3.79. The number of benzene rings is 2. The Bertz CT molecular complexity index is 1520. The molecule has 36 heavy (non-hydrogen) atoms. The van der Waals surface area contributed by atoms with E-state index in [-0.39, 0.29) is 17.3 Å². The zero-order chi connectivity index (χ0) is 26.1. The average Bonchev–Trinajstić information content (AvgIpc) is 3.38. The van der Waals surface area contributed by atoms with Crippen molar-refractivity contribution >= 4 is 32.9 Å². The fraction of sp³-hybridized carbons (Fsp3) is 0.320. The van der Waals surface area contributed by atoms with Gasteiger partial charge in [0.1, 0.15) is 5.60 Å². The van der Waals surface area contributed by atoms with Crippen molar-refractivity contribution in [1.82, 2.24) is 20.3 Å². The van der Waals surface area contributed by atoms with Crippen LogP contribution in [-0.2, 0) is 27.8 Å². The highest BCUT2D eigenvalue weighted by molar-refractivity contribution is 7.92. The maximum atomic E-state index is 12.9. The predicted molar refractivity (Wildman–Crippen MR) is 135 cm³/mol. The van der Waals surface area contributed by atoms with Crippen LogP contribution in [0.15, 0.2) is 58.1 Å². The number of carbonyl (C=O) groups is 1. The van der Waals surface area contributed by atoms with Crippen LogP contribution in [0.2, 0.25) is 0 Å². The highest BCUT2D eigenvalue weighted by atomic mass is 32.2. The molecule has 0 aliphatic rings. The van der Waals surface area contributed by atoms with Gasteiger partial charge in [0, 0.05) is 6.20 Å². The summed E-state index contributed by atoms with van der Waals surface area (Å²) in [6, 6.07) is 12.3. The molecule has 4 rings (SSSR count). The smallest absolute Gasteiger partial charge is 0.407 e. The summed E-state index contributed by atoms with van der Waals surface area (Å²) < 4.78 is 40.8. The molecule has 11 heteroatoms. The number of aromatic nitrogens is 3.